The second-order valence-corrected chi connectivity index (χ2v) is 7.76. The van der Waals surface area contributed by atoms with E-state index < -0.39 is 0 Å². The van der Waals surface area contributed by atoms with Gasteiger partial charge in [-0.3, -0.25) is 4.79 Å². The number of carbonyl (C=O) groups is 1. The van der Waals surface area contributed by atoms with Gasteiger partial charge >= 0.3 is 0 Å². The number of amides is 1. The quantitative estimate of drug-likeness (QED) is 0.712. The normalized spacial score (nSPS) is 17.2. The van der Waals surface area contributed by atoms with E-state index in [2.05, 4.69) is 25.3 Å². The molecule has 4 rings (SSSR count). The number of hydrogen-bond donors (Lipinski definition) is 2. The SMILES string of the molecule is CC(C)Nc1ncc(C(=O)N2CCC[C@H](Cc3nc4ccccc4[nH]3)C2)cn1. The highest BCUT2D eigenvalue weighted by Gasteiger charge is 2.26. The maximum Gasteiger partial charge on any atom is 0.257 e. The lowest BCUT2D eigenvalue weighted by atomic mass is 9.94. The van der Waals surface area contributed by atoms with Crippen molar-refractivity contribution >= 4 is 22.9 Å². The number of fused-ring (bicyclic) bond motifs is 1. The first-order valence-electron chi connectivity index (χ1n) is 9.90. The standard InChI is InChI=1S/C21H26N6O/c1-14(2)24-21-22-11-16(12-23-21)20(28)27-9-5-6-15(13-27)10-19-25-17-7-3-4-8-18(17)26-19/h3-4,7-8,11-12,14-15H,5-6,9-10,13H2,1-2H3,(H,25,26)(H,22,23,24)/t15-/m1/s1. The molecule has 0 saturated carbocycles. The van der Waals surface area contributed by atoms with Crippen molar-refractivity contribution in [1.29, 1.82) is 0 Å². The van der Waals surface area contributed by atoms with Crippen LogP contribution in [0.2, 0.25) is 0 Å². The molecule has 0 radical (unpaired) electrons. The fourth-order valence-corrected chi connectivity index (χ4v) is 3.75. The number of nitrogens with one attached hydrogen (secondary N) is 2. The molecule has 3 heterocycles. The van der Waals surface area contributed by atoms with Crippen LogP contribution in [0.4, 0.5) is 5.95 Å². The molecule has 2 N–H and O–H groups in total. The number of para-hydroxylation sites is 2. The van der Waals surface area contributed by atoms with Crippen LogP contribution in [-0.2, 0) is 6.42 Å². The summed E-state index contributed by atoms with van der Waals surface area (Å²) in [6, 6.07) is 8.32. The van der Waals surface area contributed by atoms with E-state index in [1.165, 1.54) is 0 Å². The largest absolute Gasteiger partial charge is 0.352 e. The van der Waals surface area contributed by atoms with Crippen molar-refractivity contribution in [3.63, 3.8) is 0 Å². The number of likely N-dealkylation sites (tertiary alicyclic amines) is 1. The number of hydrogen-bond acceptors (Lipinski definition) is 5. The summed E-state index contributed by atoms with van der Waals surface area (Å²) in [5, 5.41) is 3.14. The van der Waals surface area contributed by atoms with Gasteiger partial charge in [0.25, 0.3) is 5.91 Å². The van der Waals surface area contributed by atoms with Crippen LogP contribution < -0.4 is 5.32 Å². The first-order valence-corrected chi connectivity index (χ1v) is 9.90. The average Bonchev–Trinajstić information content (AvgIpc) is 3.10. The van der Waals surface area contributed by atoms with Gasteiger partial charge in [-0.25, -0.2) is 15.0 Å². The molecule has 0 bridgehead atoms. The zero-order chi connectivity index (χ0) is 19.5. The number of aromatic nitrogens is 4. The minimum absolute atomic E-state index is 0.00500. The third kappa shape index (κ3) is 4.13. The number of nitrogens with zero attached hydrogens (tertiary/aromatic N) is 4. The van der Waals surface area contributed by atoms with Crippen molar-refractivity contribution in [3.05, 3.63) is 48.0 Å². The van der Waals surface area contributed by atoms with Gasteiger partial charge in [0.15, 0.2) is 0 Å². The van der Waals surface area contributed by atoms with Gasteiger partial charge < -0.3 is 15.2 Å². The fraction of sp³-hybridized carbons (Fsp3) is 0.429. The topological polar surface area (TPSA) is 86.8 Å². The van der Waals surface area contributed by atoms with Crippen molar-refractivity contribution in [2.45, 2.75) is 39.2 Å². The van der Waals surface area contributed by atoms with Crippen molar-refractivity contribution in [1.82, 2.24) is 24.8 Å². The van der Waals surface area contributed by atoms with Crippen LogP contribution in [0.3, 0.4) is 0 Å². The first-order chi connectivity index (χ1) is 13.6. The predicted octanol–water partition coefficient (Wildman–Crippen LogP) is 3.27. The van der Waals surface area contributed by atoms with Gasteiger partial charge in [-0.05, 0) is 44.7 Å². The van der Waals surface area contributed by atoms with Crippen LogP contribution in [0.5, 0.6) is 0 Å². The number of benzene rings is 1. The Bertz CT molecular complexity index is 916. The molecule has 1 aliphatic heterocycles. The van der Waals surface area contributed by atoms with Crippen molar-refractivity contribution in [3.8, 4) is 0 Å². The molecular formula is C21H26N6O. The lowest BCUT2D eigenvalue weighted by molar-refractivity contribution is 0.0671. The molecule has 1 saturated heterocycles. The molecule has 1 atom stereocenters. The van der Waals surface area contributed by atoms with E-state index in [1.54, 1.807) is 12.4 Å². The van der Waals surface area contributed by atoms with E-state index in [-0.39, 0.29) is 11.9 Å². The maximum atomic E-state index is 12.9. The molecule has 1 aromatic carbocycles. The Morgan fingerprint density at radius 1 is 1.29 bits per heavy atom. The van der Waals surface area contributed by atoms with Gasteiger partial charge in [0, 0.05) is 37.9 Å². The van der Waals surface area contributed by atoms with E-state index in [4.69, 9.17) is 0 Å². The summed E-state index contributed by atoms with van der Waals surface area (Å²) in [6.45, 7) is 5.57. The van der Waals surface area contributed by atoms with Crippen LogP contribution in [0, 0.1) is 5.92 Å². The van der Waals surface area contributed by atoms with Gasteiger partial charge in [-0.2, -0.15) is 0 Å². The van der Waals surface area contributed by atoms with Gasteiger partial charge in [0.2, 0.25) is 5.95 Å². The number of imidazole rings is 1. The Hall–Kier alpha value is -2.96. The Labute approximate surface area is 164 Å². The van der Waals surface area contributed by atoms with Gasteiger partial charge in [-0.1, -0.05) is 12.1 Å². The number of piperidine rings is 1. The van der Waals surface area contributed by atoms with Crippen molar-refractivity contribution < 1.29 is 4.79 Å². The summed E-state index contributed by atoms with van der Waals surface area (Å²) in [4.78, 5) is 31.4. The highest BCUT2D eigenvalue weighted by Crippen LogP contribution is 2.22. The Kier molecular flexibility index (Phi) is 5.23. The van der Waals surface area contributed by atoms with Crippen molar-refractivity contribution in [2.24, 2.45) is 5.92 Å². The molecule has 28 heavy (non-hydrogen) atoms. The van der Waals surface area contributed by atoms with Crippen LogP contribution in [0.25, 0.3) is 11.0 Å². The fourth-order valence-electron chi connectivity index (χ4n) is 3.75. The van der Waals surface area contributed by atoms with Gasteiger partial charge in [0.05, 0.1) is 16.6 Å². The molecule has 3 aromatic rings. The lowest BCUT2D eigenvalue weighted by Crippen LogP contribution is -2.40. The first kappa shape index (κ1) is 18.4. The minimum Gasteiger partial charge on any atom is -0.352 e. The maximum absolute atomic E-state index is 12.9. The molecule has 146 valence electrons. The molecule has 2 aromatic heterocycles. The predicted molar refractivity (Wildman–Crippen MR) is 109 cm³/mol. The average molecular weight is 378 g/mol. The molecule has 1 fully saturated rings. The second kappa shape index (κ2) is 7.96. The zero-order valence-electron chi connectivity index (χ0n) is 16.4. The Morgan fingerprint density at radius 2 is 2.07 bits per heavy atom. The third-order valence-electron chi connectivity index (χ3n) is 5.04. The monoisotopic (exact) mass is 378 g/mol. The van der Waals surface area contributed by atoms with E-state index in [0.717, 1.165) is 49.2 Å². The Morgan fingerprint density at radius 3 is 2.82 bits per heavy atom. The second-order valence-electron chi connectivity index (χ2n) is 7.76. The molecule has 1 amide bonds. The van der Waals surface area contributed by atoms with Gasteiger partial charge in [-0.15, -0.1) is 0 Å². The minimum atomic E-state index is 0.00500. The van der Waals surface area contributed by atoms with E-state index >= 15 is 0 Å². The highest BCUT2D eigenvalue weighted by molar-refractivity contribution is 5.93. The van der Waals surface area contributed by atoms with E-state index in [0.29, 0.717) is 17.4 Å². The molecule has 1 aliphatic rings. The third-order valence-corrected chi connectivity index (χ3v) is 5.04. The lowest BCUT2D eigenvalue weighted by Gasteiger charge is -2.32. The van der Waals surface area contributed by atoms with Crippen LogP contribution in [0.1, 0.15) is 42.9 Å². The van der Waals surface area contributed by atoms with Gasteiger partial charge in [0.1, 0.15) is 5.82 Å². The molecular weight excluding hydrogens is 352 g/mol. The summed E-state index contributed by atoms with van der Waals surface area (Å²) in [6.07, 6.45) is 6.19. The molecule has 0 spiro atoms. The zero-order valence-corrected chi connectivity index (χ0v) is 16.4. The summed E-state index contributed by atoms with van der Waals surface area (Å²) < 4.78 is 0. The summed E-state index contributed by atoms with van der Waals surface area (Å²) >= 11 is 0. The molecule has 0 unspecified atom stereocenters. The number of aromatic amines is 1. The number of carbonyl (C=O) groups excluding carboxylic acids is 1. The highest BCUT2D eigenvalue weighted by atomic mass is 16.2. The van der Waals surface area contributed by atoms with Crippen LogP contribution >= 0.6 is 0 Å². The Balaban J connectivity index is 1.40. The van der Waals surface area contributed by atoms with E-state index in [9.17, 15) is 4.79 Å². The smallest absolute Gasteiger partial charge is 0.257 e. The number of anilines is 1. The van der Waals surface area contributed by atoms with Crippen LogP contribution in [0.15, 0.2) is 36.7 Å². The molecule has 0 aliphatic carbocycles. The van der Waals surface area contributed by atoms with E-state index in [1.807, 2.05) is 43.0 Å². The number of H-pyrrole nitrogens is 1. The summed E-state index contributed by atoms with van der Waals surface area (Å²) in [5.41, 5.74) is 2.60. The van der Waals surface area contributed by atoms with Crippen molar-refractivity contribution in [2.75, 3.05) is 18.4 Å². The molecule has 7 heteroatoms. The molecule has 7 nitrogen and oxygen atoms in total. The summed E-state index contributed by atoms with van der Waals surface area (Å²) in [5.74, 6) is 1.95. The van der Waals surface area contributed by atoms with Crippen LogP contribution in [-0.4, -0.2) is 49.9 Å². The number of rotatable bonds is 5. The summed E-state index contributed by atoms with van der Waals surface area (Å²) in [7, 11) is 0.